The molecule has 5 heteroatoms. The number of carboxylic acids is 1. The third-order valence-electron chi connectivity index (χ3n) is 5.23. The second-order valence-corrected chi connectivity index (χ2v) is 8.63. The fraction of sp³-hybridized carbons (Fsp3) is 0.783. The number of unbranched alkanes of at least 4 members (excludes halogenated alkanes) is 6. The molecule has 5 nitrogen and oxygen atoms in total. The number of aliphatic hydroxyl groups excluding tert-OH is 2. The zero-order valence-electron chi connectivity index (χ0n) is 18.2. The lowest BCUT2D eigenvalue weighted by molar-refractivity contribution is -0.148. The first-order valence-corrected chi connectivity index (χ1v) is 10.7. The van der Waals surface area contributed by atoms with Crippen LogP contribution in [-0.2, 0) is 4.79 Å². The van der Waals surface area contributed by atoms with E-state index >= 15 is 0 Å². The van der Waals surface area contributed by atoms with E-state index < -0.39 is 29.2 Å². The molecule has 0 saturated heterocycles. The summed E-state index contributed by atoms with van der Waals surface area (Å²) in [5.74, 6) is -0.950. The summed E-state index contributed by atoms with van der Waals surface area (Å²) in [5, 5.41) is 39.9. The largest absolute Gasteiger partial charge is 0.481 e. The quantitative estimate of drug-likeness (QED) is 0.225. The predicted octanol–water partition coefficient (Wildman–Crippen LogP) is 4.60. The first-order chi connectivity index (χ1) is 13.0. The number of carboxylic acid groups (broad SMARTS) is 1. The van der Waals surface area contributed by atoms with E-state index in [0.29, 0.717) is 6.42 Å². The normalized spacial score (nSPS) is 17.1. The van der Waals surface area contributed by atoms with Crippen molar-refractivity contribution in [1.29, 1.82) is 0 Å². The Balaban J connectivity index is 4.21. The summed E-state index contributed by atoms with van der Waals surface area (Å²) in [6, 6.07) is 0. The van der Waals surface area contributed by atoms with E-state index in [2.05, 4.69) is 13.0 Å². The number of hydrogen-bond donors (Lipinski definition) is 4. The van der Waals surface area contributed by atoms with Crippen LogP contribution in [0.4, 0.5) is 0 Å². The Morgan fingerprint density at radius 3 is 2.18 bits per heavy atom. The molecular formula is C23H42O5. The topological polar surface area (TPSA) is 98.0 Å². The SMILES string of the molecule is CCCCCCCC/C=C\C/C=C\C(C)(O)C(O)C(O)CCC(C)(C)C(=O)O. The van der Waals surface area contributed by atoms with Gasteiger partial charge in [-0.15, -0.1) is 0 Å². The molecule has 0 amide bonds. The van der Waals surface area contributed by atoms with Crippen LogP contribution < -0.4 is 0 Å². The second-order valence-electron chi connectivity index (χ2n) is 8.63. The van der Waals surface area contributed by atoms with E-state index in [0.717, 1.165) is 6.42 Å². The molecule has 0 spiro atoms. The molecule has 0 bridgehead atoms. The van der Waals surface area contributed by atoms with Crippen molar-refractivity contribution in [2.45, 2.75) is 110 Å². The Bertz CT molecular complexity index is 479. The van der Waals surface area contributed by atoms with Crippen molar-refractivity contribution in [3.63, 3.8) is 0 Å². The molecule has 0 rings (SSSR count). The van der Waals surface area contributed by atoms with E-state index in [-0.39, 0.29) is 12.8 Å². The van der Waals surface area contributed by atoms with Crippen LogP contribution in [0, 0.1) is 5.41 Å². The number of rotatable bonds is 16. The van der Waals surface area contributed by atoms with Gasteiger partial charge >= 0.3 is 5.97 Å². The highest BCUT2D eigenvalue weighted by Gasteiger charge is 2.35. The van der Waals surface area contributed by atoms with Gasteiger partial charge in [0.2, 0.25) is 0 Å². The van der Waals surface area contributed by atoms with Crippen LogP contribution in [0.1, 0.15) is 91.9 Å². The Morgan fingerprint density at radius 1 is 0.964 bits per heavy atom. The first kappa shape index (κ1) is 26.8. The van der Waals surface area contributed by atoms with E-state index in [1.165, 1.54) is 51.5 Å². The van der Waals surface area contributed by atoms with Gasteiger partial charge in [0.15, 0.2) is 0 Å². The third-order valence-corrected chi connectivity index (χ3v) is 5.23. The number of aliphatic hydroxyl groups is 3. The van der Waals surface area contributed by atoms with Gasteiger partial charge in [0.1, 0.15) is 11.7 Å². The van der Waals surface area contributed by atoms with Crippen LogP contribution in [0.25, 0.3) is 0 Å². The predicted molar refractivity (Wildman–Crippen MR) is 114 cm³/mol. The molecule has 0 aliphatic carbocycles. The highest BCUT2D eigenvalue weighted by molar-refractivity contribution is 5.73. The first-order valence-electron chi connectivity index (χ1n) is 10.7. The van der Waals surface area contributed by atoms with Crippen molar-refractivity contribution >= 4 is 5.97 Å². The van der Waals surface area contributed by atoms with Gasteiger partial charge in [0.25, 0.3) is 0 Å². The molecule has 0 aliphatic rings. The standard InChI is InChI=1S/C23H42O5/c1-5-6-7-8-9-10-11-12-13-14-15-17-23(4,28)20(25)19(24)16-18-22(2,3)21(26)27/h12-13,15,17,19-20,24-25,28H,5-11,14,16,18H2,1-4H3,(H,26,27)/b13-12-,17-15-. The zero-order chi connectivity index (χ0) is 21.6. The maximum Gasteiger partial charge on any atom is 0.309 e. The smallest absolute Gasteiger partial charge is 0.309 e. The molecule has 0 aromatic carbocycles. The van der Waals surface area contributed by atoms with Crippen LogP contribution in [0.5, 0.6) is 0 Å². The fourth-order valence-corrected chi connectivity index (χ4v) is 2.90. The molecule has 0 saturated carbocycles. The maximum absolute atomic E-state index is 11.1. The van der Waals surface area contributed by atoms with Crippen molar-refractivity contribution in [1.82, 2.24) is 0 Å². The number of allylic oxidation sites excluding steroid dienone is 3. The molecule has 4 N–H and O–H groups in total. The molecule has 0 aromatic rings. The van der Waals surface area contributed by atoms with Crippen molar-refractivity contribution in [3.05, 3.63) is 24.3 Å². The summed E-state index contributed by atoms with van der Waals surface area (Å²) < 4.78 is 0. The molecule has 3 unspecified atom stereocenters. The van der Waals surface area contributed by atoms with Crippen LogP contribution in [0.3, 0.4) is 0 Å². The fourth-order valence-electron chi connectivity index (χ4n) is 2.90. The molecule has 3 atom stereocenters. The van der Waals surface area contributed by atoms with E-state index in [1.807, 2.05) is 6.08 Å². The van der Waals surface area contributed by atoms with Gasteiger partial charge in [0.05, 0.1) is 11.5 Å². The van der Waals surface area contributed by atoms with Gasteiger partial charge in [0, 0.05) is 0 Å². The Kier molecular flexibility index (Phi) is 13.3. The minimum Gasteiger partial charge on any atom is -0.481 e. The van der Waals surface area contributed by atoms with Crippen LogP contribution in [0.2, 0.25) is 0 Å². The second kappa shape index (κ2) is 13.9. The average Bonchev–Trinajstić information content (AvgIpc) is 2.63. The maximum atomic E-state index is 11.1. The molecule has 0 heterocycles. The lowest BCUT2D eigenvalue weighted by atomic mass is 9.84. The molecule has 0 aliphatic heterocycles. The number of hydrogen-bond acceptors (Lipinski definition) is 4. The monoisotopic (exact) mass is 398 g/mol. The molecule has 28 heavy (non-hydrogen) atoms. The van der Waals surface area contributed by atoms with Gasteiger partial charge in [-0.2, -0.15) is 0 Å². The highest BCUT2D eigenvalue weighted by Crippen LogP contribution is 2.26. The van der Waals surface area contributed by atoms with Crippen LogP contribution >= 0.6 is 0 Å². The Morgan fingerprint density at radius 2 is 1.57 bits per heavy atom. The van der Waals surface area contributed by atoms with E-state index in [4.69, 9.17) is 5.11 Å². The Labute approximate surface area is 171 Å². The van der Waals surface area contributed by atoms with Gasteiger partial charge in [-0.1, -0.05) is 63.3 Å². The zero-order valence-corrected chi connectivity index (χ0v) is 18.2. The summed E-state index contributed by atoms with van der Waals surface area (Å²) in [4.78, 5) is 11.1. The van der Waals surface area contributed by atoms with Crippen LogP contribution in [-0.4, -0.2) is 44.2 Å². The Hall–Kier alpha value is -1.17. The minimum atomic E-state index is -1.57. The van der Waals surface area contributed by atoms with E-state index in [1.54, 1.807) is 19.9 Å². The summed E-state index contributed by atoms with van der Waals surface area (Å²) in [7, 11) is 0. The van der Waals surface area contributed by atoms with Crippen molar-refractivity contribution in [2.24, 2.45) is 5.41 Å². The highest BCUT2D eigenvalue weighted by atomic mass is 16.4. The van der Waals surface area contributed by atoms with Gasteiger partial charge < -0.3 is 20.4 Å². The summed E-state index contributed by atoms with van der Waals surface area (Å²) >= 11 is 0. The average molecular weight is 399 g/mol. The van der Waals surface area contributed by atoms with Crippen LogP contribution in [0.15, 0.2) is 24.3 Å². The summed E-state index contributed by atoms with van der Waals surface area (Å²) in [6.07, 6.45) is 14.6. The number of carbonyl (C=O) groups is 1. The summed E-state index contributed by atoms with van der Waals surface area (Å²) in [5.41, 5.74) is -2.55. The molecule has 0 radical (unpaired) electrons. The molecular weight excluding hydrogens is 356 g/mol. The third kappa shape index (κ3) is 11.6. The van der Waals surface area contributed by atoms with Gasteiger partial charge in [-0.3, -0.25) is 4.79 Å². The minimum absolute atomic E-state index is 0.0998. The summed E-state index contributed by atoms with van der Waals surface area (Å²) in [6.45, 7) is 6.81. The van der Waals surface area contributed by atoms with Crippen molar-refractivity contribution in [3.8, 4) is 0 Å². The molecule has 0 fully saturated rings. The lowest BCUT2D eigenvalue weighted by Crippen LogP contribution is -2.46. The van der Waals surface area contributed by atoms with E-state index in [9.17, 15) is 20.1 Å². The van der Waals surface area contributed by atoms with Gasteiger partial charge in [-0.05, 0) is 52.9 Å². The molecule has 164 valence electrons. The van der Waals surface area contributed by atoms with Crippen molar-refractivity contribution < 1.29 is 25.2 Å². The van der Waals surface area contributed by atoms with Crippen molar-refractivity contribution in [2.75, 3.05) is 0 Å². The molecule has 0 aromatic heterocycles. The number of aliphatic carboxylic acids is 1. The lowest BCUT2D eigenvalue weighted by Gasteiger charge is -2.31. The van der Waals surface area contributed by atoms with Gasteiger partial charge in [-0.25, -0.2) is 0 Å².